The molecule has 1 aromatic rings. The van der Waals surface area contributed by atoms with Crippen molar-refractivity contribution < 1.29 is 9.90 Å². The van der Waals surface area contributed by atoms with Gasteiger partial charge in [0.05, 0.1) is 13.1 Å². The van der Waals surface area contributed by atoms with Gasteiger partial charge in [0, 0.05) is 11.0 Å². The van der Waals surface area contributed by atoms with Crippen molar-refractivity contribution in [3.8, 4) is 12.3 Å². The molecule has 4 heteroatoms. The highest BCUT2D eigenvalue weighted by atomic mass is 79.9. The van der Waals surface area contributed by atoms with Crippen LogP contribution in [0.5, 0.6) is 0 Å². The van der Waals surface area contributed by atoms with Crippen LogP contribution in [0.4, 0.5) is 0 Å². The van der Waals surface area contributed by atoms with Gasteiger partial charge in [-0.25, -0.2) is 0 Å². The summed E-state index contributed by atoms with van der Waals surface area (Å²) in [4.78, 5) is 12.4. The van der Waals surface area contributed by atoms with E-state index < -0.39 is 5.97 Å². The Kier molecular flexibility index (Phi) is 5.20. The van der Waals surface area contributed by atoms with Gasteiger partial charge in [-0.1, -0.05) is 34.0 Å². The van der Waals surface area contributed by atoms with E-state index in [0.29, 0.717) is 13.1 Å². The molecular weight excluding hydrogens is 282 g/mol. The summed E-state index contributed by atoms with van der Waals surface area (Å²) in [6.07, 6.45) is 5.22. The highest BCUT2D eigenvalue weighted by molar-refractivity contribution is 9.10. The highest BCUT2D eigenvalue weighted by Gasteiger charge is 2.10. The number of nitrogens with zero attached hydrogens (tertiary/aromatic N) is 1. The number of hydrogen-bond donors (Lipinski definition) is 1. The molecule has 0 spiro atoms. The first-order chi connectivity index (χ1) is 8.02. The second kappa shape index (κ2) is 6.43. The molecule has 0 aromatic heterocycles. The molecule has 0 aliphatic rings. The van der Waals surface area contributed by atoms with E-state index in [1.807, 2.05) is 25.1 Å². The third kappa shape index (κ3) is 4.59. The first-order valence-corrected chi connectivity index (χ1v) is 5.95. The van der Waals surface area contributed by atoms with Crippen LogP contribution < -0.4 is 0 Å². The van der Waals surface area contributed by atoms with Gasteiger partial charge in [-0.15, -0.1) is 6.42 Å². The quantitative estimate of drug-likeness (QED) is 0.847. The normalized spacial score (nSPS) is 10.2. The minimum atomic E-state index is -0.872. The highest BCUT2D eigenvalue weighted by Crippen LogP contribution is 2.19. The second-order valence-electron chi connectivity index (χ2n) is 3.84. The molecule has 0 bridgehead atoms. The van der Waals surface area contributed by atoms with Crippen molar-refractivity contribution in [3.63, 3.8) is 0 Å². The molecule has 1 rings (SSSR count). The van der Waals surface area contributed by atoms with E-state index in [1.165, 1.54) is 0 Å². The zero-order valence-electron chi connectivity index (χ0n) is 9.61. The Morgan fingerprint density at radius 3 is 2.82 bits per heavy atom. The monoisotopic (exact) mass is 295 g/mol. The van der Waals surface area contributed by atoms with Gasteiger partial charge in [0.25, 0.3) is 0 Å². The smallest absolute Gasteiger partial charge is 0.317 e. The zero-order valence-corrected chi connectivity index (χ0v) is 11.2. The van der Waals surface area contributed by atoms with E-state index in [4.69, 9.17) is 11.5 Å². The Morgan fingerprint density at radius 2 is 2.29 bits per heavy atom. The van der Waals surface area contributed by atoms with E-state index in [9.17, 15) is 4.79 Å². The fourth-order valence-corrected chi connectivity index (χ4v) is 2.13. The van der Waals surface area contributed by atoms with Crippen molar-refractivity contribution in [2.45, 2.75) is 13.5 Å². The van der Waals surface area contributed by atoms with Crippen LogP contribution in [0.2, 0.25) is 0 Å². The number of aryl methyl sites for hydroxylation is 1. The van der Waals surface area contributed by atoms with Crippen LogP contribution in [-0.4, -0.2) is 29.1 Å². The SMILES string of the molecule is C#CCN(CC(=O)O)Cc1ccc(C)cc1Br. The lowest BCUT2D eigenvalue weighted by atomic mass is 10.1. The Morgan fingerprint density at radius 1 is 1.59 bits per heavy atom. The molecule has 0 heterocycles. The molecule has 0 atom stereocenters. The summed E-state index contributed by atoms with van der Waals surface area (Å²) < 4.78 is 0.977. The van der Waals surface area contributed by atoms with Gasteiger partial charge in [0.15, 0.2) is 0 Å². The average Bonchev–Trinajstić information content (AvgIpc) is 2.21. The maximum atomic E-state index is 10.7. The van der Waals surface area contributed by atoms with Gasteiger partial charge in [-0.3, -0.25) is 9.69 Å². The van der Waals surface area contributed by atoms with Crippen molar-refractivity contribution in [1.82, 2.24) is 4.90 Å². The largest absolute Gasteiger partial charge is 0.480 e. The minimum absolute atomic E-state index is 0.0511. The topological polar surface area (TPSA) is 40.5 Å². The summed E-state index contributed by atoms with van der Waals surface area (Å²) in [5.41, 5.74) is 2.19. The molecule has 17 heavy (non-hydrogen) atoms. The number of carbonyl (C=O) groups is 1. The molecule has 0 unspecified atom stereocenters. The molecule has 3 nitrogen and oxygen atoms in total. The number of hydrogen-bond acceptors (Lipinski definition) is 2. The van der Waals surface area contributed by atoms with E-state index >= 15 is 0 Å². The molecule has 1 aromatic carbocycles. The summed E-state index contributed by atoms with van der Waals surface area (Å²) in [6.45, 7) is 2.81. The predicted molar refractivity (Wildman–Crippen MR) is 70.6 cm³/mol. The van der Waals surface area contributed by atoms with Gasteiger partial charge in [-0.2, -0.15) is 0 Å². The Balaban J connectivity index is 2.78. The van der Waals surface area contributed by atoms with E-state index in [-0.39, 0.29) is 6.54 Å². The average molecular weight is 296 g/mol. The van der Waals surface area contributed by atoms with Crippen molar-refractivity contribution in [2.24, 2.45) is 0 Å². The van der Waals surface area contributed by atoms with Crippen LogP contribution in [0, 0.1) is 19.3 Å². The Labute approximate surface area is 110 Å². The van der Waals surface area contributed by atoms with Gasteiger partial charge in [0.1, 0.15) is 0 Å². The Bertz CT molecular complexity index is 451. The molecule has 0 radical (unpaired) electrons. The molecule has 90 valence electrons. The summed E-state index contributed by atoms with van der Waals surface area (Å²) in [5, 5.41) is 8.78. The predicted octanol–water partition coefficient (Wildman–Crippen LogP) is 2.28. The van der Waals surface area contributed by atoms with Crippen molar-refractivity contribution in [1.29, 1.82) is 0 Å². The lowest BCUT2D eigenvalue weighted by Crippen LogP contribution is -2.29. The lowest BCUT2D eigenvalue weighted by molar-refractivity contribution is -0.138. The maximum Gasteiger partial charge on any atom is 0.317 e. The number of aliphatic carboxylic acids is 1. The van der Waals surface area contributed by atoms with Crippen molar-refractivity contribution >= 4 is 21.9 Å². The van der Waals surface area contributed by atoms with Crippen LogP contribution in [0.15, 0.2) is 22.7 Å². The second-order valence-corrected chi connectivity index (χ2v) is 4.69. The molecule has 0 saturated heterocycles. The number of benzene rings is 1. The third-order valence-electron chi connectivity index (χ3n) is 2.28. The molecule has 0 aliphatic heterocycles. The molecule has 0 saturated carbocycles. The molecule has 0 aliphatic carbocycles. The summed E-state index contributed by atoms with van der Waals surface area (Å²) in [6, 6.07) is 5.98. The summed E-state index contributed by atoms with van der Waals surface area (Å²) >= 11 is 3.47. The van der Waals surface area contributed by atoms with E-state index in [1.54, 1.807) is 4.90 Å². The van der Waals surface area contributed by atoms with E-state index in [0.717, 1.165) is 15.6 Å². The third-order valence-corrected chi connectivity index (χ3v) is 3.01. The summed E-state index contributed by atoms with van der Waals surface area (Å²) in [7, 11) is 0. The number of terminal acetylenes is 1. The van der Waals surface area contributed by atoms with Crippen molar-refractivity contribution in [2.75, 3.05) is 13.1 Å². The molecule has 1 N–H and O–H groups in total. The fourth-order valence-electron chi connectivity index (χ4n) is 1.51. The van der Waals surface area contributed by atoms with Crippen LogP contribution in [0.25, 0.3) is 0 Å². The van der Waals surface area contributed by atoms with Crippen LogP contribution in [0.3, 0.4) is 0 Å². The van der Waals surface area contributed by atoms with Crippen molar-refractivity contribution in [3.05, 3.63) is 33.8 Å². The number of carboxylic acid groups (broad SMARTS) is 1. The van der Waals surface area contributed by atoms with Gasteiger partial charge < -0.3 is 5.11 Å². The number of carboxylic acids is 1. The fraction of sp³-hybridized carbons (Fsp3) is 0.308. The zero-order chi connectivity index (χ0) is 12.8. The van der Waals surface area contributed by atoms with Gasteiger partial charge in [0.2, 0.25) is 0 Å². The molecular formula is C13H14BrNO2. The van der Waals surface area contributed by atoms with E-state index in [2.05, 4.69) is 21.9 Å². The van der Waals surface area contributed by atoms with Gasteiger partial charge in [-0.05, 0) is 24.1 Å². The van der Waals surface area contributed by atoms with Crippen LogP contribution >= 0.6 is 15.9 Å². The van der Waals surface area contributed by atoms with Crippen LogP contribution in [0.1, 0.15) is 11.1 Å². The minimum Gasteiger partial charge on any atom is -0.480 e. The molecule has 0 fully saturated rings. The van der Waals surface area contributed by atoms with Crippen LogP contribution in [-0.2, 0) is 11.3 Å². The Hall–Kier alpha value is -1.31. The lowest BCUT2D eigenvalue weighted by Gasteiger charge is -2.18. The maximum absolute atomic E-state index is 10.7. The number of halogens is 1. The van der Waals surface area contributed by atoms with Gasteiger partial charge >= 0.3 is 5.97 Å². The molecule has 0 amide bonds. The first-order valence-electron chi connectivity index (χ1n) is 5.15. The number of rotatable bonds is 5. The first kappa shape index (κ1) is 13.8. The summed E-state index contributed by atoms with van der Waals surface area (Å²) in [5.74, 6) is 1.60. The standard InChI is InChI=1S/C13H14BrNO2/c1-3-6-15(9-13(16)17)8-11-5-4-10(2)7-12(11)14/h1,4-5,7H,6,8-9H2,2H3,(H,16,17).